The Kier molecular flexibility index (Phi) is 8.73. The highest BCUT2D eigenvalue weighted by Crippen LogP contribution is 2.37. The molecule has 1 spiro atoms. The summed E-state index contributed by atoms with van der Waals surface area (Å²) in [6, 6.07) is 14.1. The van der Waals surface area contributed by atoms with Crippen molar-refractivity contribution < 1.29 is 31.4 Å². The van der Waals surface area contributed by atoms with Crippen LogP contribution in [0.15, 0.2) is 58.3 Å². The van der Waals surface area contributed by atoms with Gasteiger partial charge in [-0.2, -0.15) is 9.57 Å². The fraction of sp³-hybridized carbons (Fsp3) is 0.480. The summed E-state index contributed by atoms with van der Waals surface area (Å²) >= 11 is 0. The molecule has 2 aliphatic rings. The largest absolute Gasteiger partial charge is 0.491 e. The summed E-state index contributed by atoms with van der Waals surface area (Å²) in [5, 5.41) is 22.7. The topological polar surface area (TPSA) is 158 Å². The van der Waals surface area contributed by atoms with Crippen LogP contribution in [0.25, 0.3) is 0 Å². The molecule has 13 heteroatoms. The summed E-state index contributed by atoms with van der Waals surface area (Å²) in [4.78, 5) is 0.194. The summed E-state index contributed by atoms with van der Waals surface area (Å²) in [5.41, 5.74) is -0.116. The maximum absolute atomic E-state index is 13.0. The number of hydrogen-bond donors (Lipinski definition) is 3. The zero-order valence-electron chi connectivity index (χ0n) is 21.0. The molecule has 0 radical (unpaired) electrons. The van der Waals surface area contributed by atoms with Gasteiger partial charge in [0.1, 0.15) is 18.5 Å². The second kappa shape index (κ2) is 11.7. The Hall–Kier alpha value is -2.57. The zero-order chi connectivity index (χ0) is 27.4. The number of aliphatic hydroxyl groups excluding tert-OH is 1. The lowest BCUT2D eigenvalue weighted by Gasteiger charge is -2.38. The highest BCUT2D eigenvalue weighted by atomic mass is 32.2. The van der Waals surface area contributed by atoms with E-state index < -0.39 is 31.8 Å². The van der Waals surface area contributed by atoms with Crippen LogP contribution in [0.1, 0.15) is 24.8 Å². The molecule has 2 heterocycles. The van der Waals surface area contributed by atoms with Crippen LogP contribution in [0.4, 0.5) is 0 Å². The van der Waals surface area contributed by atoms with Crippen LogP contribution in [0.3, 0.4) is 0 Å². The number of sulfonamides is 2. The molecule has 1 unspecified atom stereocenters. The molecule has 0 aliphatic carbocycles. The van der Waals surface area contributed by atoms with E-state index in [1.807, 2.05) is 6.07 Å². The van der Waals surface area contributed by atoms with E-state index in [4.69, 9.17) is 14.7 Å². The van der Waals surface area contributed by atoms with Gasteiger partial charge in [-0.25, -0.2) is 21.6 Å². The smallest absolute Gasteiger partial charge is 0.243 e. The van der Waals surface area contributed by atoms with Gasteiger partial charge in [-0.15, -0.1) is 0 Å². The van der Waals surface area contributed by atoms with Crippen LogP contribution in [-0.4, -0.2) is 83.9 Å². The van der Waals surface area contributed by atoms with E-state index in [0.29, 0.717) is 50.3 Å². The van der Waals surface area contributed by atoms with Gasteiger partial charge >= 0.3 is 0 Å². The van der Waals surface area contributed by atoms with Crippen molar-refractivity contribution in [2.45, 2.75) is 46.8 Å². The van der Waals surface area contributed by atoms with E-state index in [9.17, 15) is 21.9 Å². The van der Waals surface area contributed by atoms with Crippen molar-refractivity contribution in [2.24, 2.45) is 0 Å². The average molecular weight is 565 g/mol. The Bertz CT molecular complexity index is 1380. The van der Waals surface area contributed by atoms with E-state index in [1.165, 1.54) is 35.6 Å². The molecule has 206 valence electrons. The lowest BCUT2D eigenvalue weighted by Crippen LogP contribution is -2.47. The molecule has 4 rings (SSSR count). The number of aliphatic hydroxyl groups is 1. The molecule has 0 saturated carbocycles. The highest BCUT2D eigenvalue weighted by molar-refractivity contribution is 7.89. The normalized spacial score (nSPS) is 20.7. The zero-order valence-corrected chi connectivity index (χ0v) is 22.7. The Morgan fingerprint density at radius 3 is 2.58 bits per heavy atom. The molecule has 2 atom stereocenters. The minimum absolute atomic E-state index is 0.00390. The maximum atomic E-state index is 13.0. The number of hydrogen-bond acceptors (Lipinski definition) is 9. The van der Waals surface area contributed by atoms with E-state index in [0.717, 1.165) is 0 Å². The predicted octanol–water partition coefficient (Wildman–Crippen LogP) is 0.808. The van der Waals surface area contributed by atoms with Crippen LogP contribution in [0.2, 0.25) is 0 Å². The van der Waals surface area contributed by atoms with Crippen LogP contribution < -0.4 is 14.8 Å². The first kappa shape index (κ1) is 28.4. The SMILES string of the molecule is CNS(=O)(=O)c1cccc(OC[C@@H](O)CNC2COC3(CCN(S(=O)(=O)c4cccc(C#N)c4)CC3)C2)c1. The number of benzene rings is 2. The molecule has 0 aromatic heterocycles. The van der Waals surface area contributed by atoms with Gasteiger partial charge in [0.05, 0.1) is 33.6 Å². The molecule has 0 amide bonds. The second-order valence-corrected chi connectivity index (χ2v) is 13.3. The van der Waals surface area contributed by atoms with Gasteiger partial charge in [0.25, 0.3) is 0 Å². The first-order valence-corrected chi connectivity index (χ1v) is 15.2. The minimum Gasteiger partial charge on any atom is -0.491 e. The molecule has 0 bridgehead atoms. The van der Waals surface area contributed by atoms with Crippen molar-refractivity contribution in [3.63, 3.8) is 0 Å². The Morgan fingerprint density at radius 2 is 1.87 bits per heavy atom. The number of piperidine rings is 1. The van der Waals surface area contributed by atoms with Gasteiger partial charge in [0.15, 0.2) is 0 Å². The molecule has 2 aliphatic heterocycles. The number of nitrogens with one attached hydrogen (secondary N) is 2. The van der Waals surface area contributed by atoms with E-state index in [-0.39, 0.29) is 29.0 Å². The van der Waals surface area contributed by atoms with Gasteiger partial charge in [-0.3, -0.25) is 0 Å². The lowest BCUT2D eigenvalue weighted by molar-refractivity contribution is -0.0312. The van der Waals surface area contributed by atoms with E-state index >= 15 is 0 Å². The van der Waals surface area contributed by atoms with Crippen molar-refractivity contribution in [2.75, 3.05) is 39.9 Å². The van der Waals surface area contributed by atoms with E-state index in [2.05, 4.69) is 10.0 Å². The fourth-order valence-electron chi connectivity index (χ4n) is 4.74. The number of rotatable bonds is 10. The van der Waals surface area contributed by atoms with Gasteiger partial charge in [-0.1, -0.05) is 12.1 Å². The standard InChI is InChI=1S/C25H32N4O7S2/c1-27-37(31,32)23-6-3-5-22(13-23)35-18-21(30)16-28-20-14-25(36-17-20)8-10-29(11-9-25)38(33,34)24-7-2-4-19(12-24)15-26/h2-7,12-13,20-21,27-28,30H,8-11,14,16-18H2,1H3/t20?,21-/m0/s1. The van der Waals surface area contributed by atoms with Gasteiger partial charge in [0, 0.05) is 31.7 Å². The Labute approximate surface area is 223 Å². The van der Waals surface area contributed by atoms with Crippen LogP contribution in [0.5, 0.6) is 5.75 Å². The Morgan fingerprint density at radius 1 is 1.16 bits per heavy atom. The quantitative estimate of drug-likeness (QED) is 0.380. The third-order valence-corrected chi connectivity index (χ3v) is 10.2. The molecule has 11 nitrogen and oxygen atoms in total. The van der Waals surface area contributed by atoms with Crippen LogP contribution >= 0.6 is 0 Å². The van der Waals surface area contributed by atoms with Crippen molar-refractivity contribution in [1.29, 1.82) is 5.26 Å². The third-order valence-electron chi connectivity index (χ3n) is 6.91. The summed E-state index contributed by atoms with van der Waals surface area (Å²) in [5.74, 6) is 0.338. The minimum atomic E-state index is -3.69. The van der Waals surface area contributed by atoms with Crippen molar-refractivity contribution in [3.05, 3.63) is 54.1 Å². The second-order valence-electron chi connectivity index (χ2n) is 9.49. The highest BCUT2D eigenvalue weighted by Gasteiger charge is 2.44. The number of nitrogens with zero attached hydrogens (tertiary/aromatic N) is 2. The maximum Gasteiger partial charge on any atom is 0.243 e. The summed E-state index contributed by atoms with van der Waals surface area (Å²) in [6.07, 6.45) is 0.981. The van der Waals surface area contributed by atoms with Gasteiger partial charge in [-0.05, 0) is 56.6 Å². The molecule has 2 saturated heterocycles. The molecular weight excluding hydrogens is 532 g/mol. The summed E-state index contributed by atoms with van der Waals surface area (Å²) in [6.45, 7) is 1.34. The van der Waals surface area contributed by atoms with Crippen LogP contribution in [-0.2, 0) is 24.8 Å². The van der Waals surface area contributed by atoms with Gasteiger partial charge in [0.2, 0.25) is 20.0 Å². The molecule has 3 N–H and O–H groups in total. The molecular formula is C25H32N4O7S2. The van der Waals surface area contributed by atoms with Crippen molar-refractivity contribution in [3.8, 4) is 11.8 Å². The molecule has 2 fully saturated rings. The van der Waals surface area contributed by atoms with E-state index in [1.54, 1.807) is 24.3 Å². The molecule has 2 aromatic carbocycles. The van der Waals surface area contributed by atoms with Crippen LogP contribution in [0, 0.1) is 11.3 Å². The molecule has 38 heavy (non-hydrogen) atoms. The van der Waals surface area contributed by atoms with Crippen molar-refractivity contribution in [1.82, 2.24) is 14.3 Å². The third kappa shape index (κ3) is 6.52. The predicted molar refractivity (Wildman–Crippen MR) is 138 cm³/mol. The number of ether oxygens (including phenoxy) is 2. The Balaban J connectivity index is 1.23. The number of nitriles is 1. The first-order chi connectivity index (χ1) is 18.1. The monoisotopic (exact) mass is 564 g/mol. The summed E-state index contributed by atoms with van der Waals surface area (Å²) < 4.78 is 65.3. The molecule has 2 aromatic rings. The fourth-order valence-corrected chi connectivity index (χ4v) is 6.99. The lowest BCUT2D eigenvalue weighted by atomic mass is 9.88. The first-order valence-electron chi connectivity index (χ1n) is 12.3. The summed E-state index contributed by atoms with van der Waals surface area (Å²) in [7, 11) is -5.95. The van der Waals surface area contributed by atoms with Crippen molar-refractivity contribution >= 4 is 20.0 Å². The average Bonchev–Trinajstić information content (AvgIpc) is 3.33. The van der Waals surface area contributed by atoms with Gasteiger partial charge < -0.3 is 19.9 Å².